The molecule has 0 aliphatic carbocycles. The molecular formula is C51H51FN6O5Si. The number of carbonyl (C=O) groups excluding carboxylic acids is 3. The smallest absolute Gasteiger partial charge is 0.264 e. The van der Waals surface area contributed by atoms with Crippen LogP contribution in [0, 0.1) is 5.92 Å². The fourth-order valence-electron chi connectivity index (χ4n) is 10.9. The highest BCUT2D eigenvalue weighted by molar-refractivity contribution is 6.72. The van der Waals surface area contributed by atoms with Crippen molar-refractivity contribution in [3.63, 3.8) is 0 Å². The van der Waals surface area contributed by atoms with Crippen LogP contribution in [0.25, 0.3) is 0 Å². The lowest BCUT2D eigenvalue weighted by Crippen LogP contribution is -2.45. The minimum absolute atomic E-state index is 0.00792. The predicted octanol–water partition coefficient (Wildman–Crippen LogP) is 9.04. The van der Waals surface area contributed by atoms with E-state index in [0.29, 0.717) is 61.3 Å². The maximum atomic E-state index is 17.0. The molecule has 4 aliphatic rings. The summed E-state index contributed by atoms with van der Waals surface area (Å²) in [7, 11) is -3.53. The summed E-state index contributed by atoms with van der Waals surface area (Å²) in [6, 6.07) is 38.9. The van der Waals surface area contributed by atoms with Gasteiger partial charge in [-0.3, -0.25) is 28.9 Å². The topological polar surface area (TPSA) is 121 Å². The molecule has 0 radical (unpaired) electrons. The van der Waals surface area contributed by atoms with E-state index in [4.69, 9.17) is 4.74 Å². The molecule has 1 unspecified atom stereocenters. The molecule has 5 atom stereocenters. The van der Waals surface area contributed by atoms with Crippen LogP contribution in [-0.4, -0.2) is 58.9 Å². The van der Waals surface area contributed by atoms with Crippen molar-refractivity contribution in [2.75, 3.05) is 21.3 Å². The van der Waals surface area contributed by atoms with Gasteiger partial charge < -0.3 is 18.9 Å². The number of anilines is 5. The molecule has 1 aromatic heterocycles. The van der Waals surface area contributed by atoms with Gasteiger partial charge >= 0.3 is 0 Å². The molecule has 1 spiro atoms. The predicted molar refractivity (Wildman–Crippen MR) is 246 cm³/mol. The van der Waals surface area contributed by atoms with E-state index in [0.717, 1.165) is 39.3 Å². The van der Waals surface area contributed by atoms with Gasteiger partial charge in [0, 0.05) is 54.0 Å². The number of amides is 3. The van der Waals surface area contributed by atoms with Crippen LogP contribution in [0.1, 0.15) is 65.6 Å². The van der Waals surface area contributed by atoms with Crippen molar-refractivity contribution in [1.82, 2.24) is 15.0 Å². The maximum absolute atomic E-state index is 17.0. The Morgan fingerprint density at radius 3 is 2.08 bits per heavy atom. The molecule has 10 rings (SSSR count). The molecule has 6 aromatic rings. The van der Waals surface area contributed by atoms with E-state index in [2.05, 4.69) is 16.4 Å². The van der Waals surface area contributed by atoms with Gasteiger partial charge in [0.25, 0.3) is 5.91 Å². The minimum Gasteiger partial charge on any atom is -0.395 e. The van der Waals surface area contributed by atoms with Gasteiger partial charge in [0.2, 0.25) is 20.2 Å². The van der Waals surface area contributed by atoms with Gasteiger partial charge in [-0.2, -0.15) is 0 Å². The molecule has 11 nitrogen and oxygen atoms in total. The van der Waals surface area contributed by atoms with Crippen molar-refractivity contribution < 1.29 is 28.3 Å². The van der Waals surface area contributed by atoms with Crippen molar-refractivity contribution >= 4 is 54.6 Å². The third-order valence-corrected chi connectivity index (χ3v) is 16.3. The number of hydrogen-bond acceptors (Lipinski definition) is 7. The standard InChI is InChI=1S/C51H51FN6O5Si/c1-33-49(64(2,3)52)46(26-27-55-31-42(53-54-55)40(32-59)35-13-5-4-6-14-35)63-51(33)41-29-39(58-44-19-10-8-16-37(44)21-25-48(58)61)22-23-45(41)56(50(51)62)30-34-12-11-17-38(28-34)57-43-18-9-7-15-36(43)20-24-47(57)60/h4-19,22-23,28-29,31,33,40,46,49,59H,20-21,24-27,30,32H2,1-3H3/t33-,40?,46+,49-,51+/m0/s1. The van der Waals surface area contributed by atoms with Gasteiger partial charge in [0.05, 0.1) is 47.9 Å². The summed E-state index contributed by atoms with van der Waals surface area (Å²) in [4.78, 5) is 48.1. The summed E-state index contributed by atoms with van der Waals surface area (Å²) in [5.41, 5.74) is 6.63. The Hall–Kier alpha value is -6.28. The SMILES string of the molecule is C[C@H]1[C@H]([Si](C)(C)F)[C@@H](CCn2cc(C(CO)c3ccccc3)nn2)O[C@]12C(=O)N(Cc1cccc(N3C(=O)CCc4ccccc43)c1)c1ccc(N3C(=O)CCc4ccccc43)cc12. The van der Waals surface area contributed by atoms with Gasteiger partial charge in [-0.25, -0.2) is 0 Å². The van der Waals surface area contributed by atoms with Gasteiger partial charge in [0.15, 0.2) is 5.60 Å². The zero-order valence-electron chi connectivity index (χ0n) is 36.2. The summed E-state index contributed by atoms with van der Waals surface area (Å²) < 4.78 is 25.9. The molecule has 326 valence electrons. The first-order chi connectivity index (χ1) is 31.0. The number of para-hydroxylation sites is 2. The van der Waals surface area contributed by atoms with Crippen molar-refractivity contribution in [3.05, 3.63) is 161 Å². The Morgan fingerprint density at radius 2 is 1.42 bits per heavy atom. The van der Waals surface area contributed by atoms with Gasteiger partial charge in [-0.15, -0.1) is 5.10 Å². The first kappa shape index (κ1) is 41.7. The fraction of sp³-hybridized carbons (Fsp3) is 0.314. The number of benzene rings is 5. The largest absolute Gasteiger partial charge is 0.395 e. The van der Waals surface area contributed by atoms with E-state index >= 15 is 8.90 Å². The highest BCUT2D eigenvalue weighted by atomic mass is 28.4. The average molecular weight is 875 g/mol. The van der Waals surface area contributed by atoms with Crippen molar-refractivity contribution in [3.8, 4) is 0 Å². The number of nitrogens with zero attached hydrogens (tertiary/aromatic N) is 6. The number of ether oxygens (including phenoxy) is 1. The van der Waals surface area contributed by atoms with E-state index in [9.17, 15) is 14.7 Å². The van der Waals surface area contributed by atoms with Gasteiger partial charge in [-0.1, -0.05) is 91.0 Å². The highest BCUT2D eigenvalue weighted by Crippen LogP contribution is 2.61. The summed E-state index contributed by atoms with van der Waals surface area (Å²) in [5.74, 6) is -1.25. The Labute approximate surface area is 373 Å². The van der Waals surface area contributed by atoms with E-state index in [1.165, 1.54) is 0 Å². The summed E-state index contributed by atoms with van der Waals surface area (Å²) in [6.45, 7) is 5.70. The van der Waals surface area contributed by atoms with Crippen molar-refractivity contribution in [2.24, 2.45) is 5.92 Å². The maximum Gasteiger partial charge on any atom is 0.264 e. The number of halogens is 1. The summed E-state index contributed by atoms with van der Waals surface area (Å²) in [6.07, 6.45) is 3.59. The normalized spacial score (nSPS) is 22.2. The van der Waals surface area contributed by atoms with Crippen molar-refractivity contribution in [1.29, 1.82) is 0 Å². The number of fused-ring (bicyclic) bond motifs is 4. The molecule has 1 fully saturated rings. The minimum atomic E-state index is -3.53. The molecular weight excluding hydrogens is 824 g/mol. The monoisotopic (exact) mass is 874 g/mol. The number of aliphatic hydroxyl groups is 1. The quantitative estimate of drug-likeness (QED) is 0.102. The lowest BCUT2D eigenvalue weighted by atomic mass is 9.82. The molecule has 0 saturated carbocycles. The van der Waals surface area contributed by atoms with Gasteiger partial charge in [-0.05, 0) is 97.1 Å². The van der Waals surface area contributed by atoms with Crippen LogP contribution in [0.3, 0.4) is 0 Å². The number of carbonyl (C=O) groups is 3. The molecule has 64 heavy (non-hydrogen) atoms. The summed E-state index contributed by atoms with van der Waals surface area (Å²) >= 11 is 0. The second kappa shape index (κ2) is 16.4. The van der Waals surface area contributed by atoms with Crippen LogP contribution in [0.15, 0.2) is 128 Å². The van der Waals surface area contributed by atoms with E-state index in [-0.39, 0.29) is 36.8 Å². The molecule has 13 heteroatoms. The van der Waals surface area contributed by atoms with Crippen LogP contribution in [0.4, 0.5) is 32.5 Å². The number of rotatable bonds is 11. The lowest BCUT2D eigenvalue weighted by Gasteiger charge is -2.32. The molecule has 0 bridgehead atoms. The Morgan fingerprint density at radius 1 is 0.781 bits per heavy atom. The third-order valence-electron chi connectivity index (χ3n) is 13.8. The number of aryl methyl sites for hydroxylation is 3. The third kappa shape index (κ3) is 7.06. The second-order valence-electron chi connectivity index (χ2n) is 18.1. The Bertz CT molecular complexity index is 2780. The first-order valence-electron chi connectivity index (χ1n) is 22.3. The van der Waals surface area contributed by atoms with Crippen LogP contribution < -0.4 is 14.7 Å². The van der Waals surface area contributed by atoms with Crippen LogP contribution in [0.2, 0.25) is 18.6 Å². The van der Waals surface area contributed by atoms with E-state index < -0.39 is 31.6 Å². The number of aromatic nitrogens is 3. The van der Waals surface area contributed by atoms with Crippen LogP contribution >= 0.6 is 0 Å². The van der Waals surface area contributed by atoms with Crippen LogP contribution in [-0.2, 0) is 50.7 Å². The molecule has 5 heterocycles. The first-order valence-corrected chi connectivity index (χ1v) is 25.2. The summed E-state index contributed by atoms with van der Waals surface area (Å²) in [5, 5.41) is 19.1. The zero-order chi connectivity index (χ0) is 44.3. The number of hydrogen-bond donors (Lipinski definition) is 1. The zero-order valence-corrected chi connectivity index (χ0v) is 37.2. The van der Waals surface area contributed by atoms with Crippen LogP contribution in [0.5, 0.6) is 0 Å². The van der Waals surface area contributed by atoms with Gasteiger partial charge in [0.1, 0.15) is 0 Å². The average Bonchev–Trinajstić information content (AvgIpc) is 3.96. The molecule has 3 amide bonds. The van der Waals surface area contributed by atoms with E-state index in [1.807, 2.05) is 128 Å². The fourth-order valence-corrected chi connectivity index (χ4v) is 13.4. The molecule has 1 N–H and O–H groups in total. The lowest BCUT2D eigenvalue weighted by molar-refractivity contribution is -0.146. The van der Waals surface area contributed by atoms with Crippen molar-refractivity contribution in [2.45, 2.75) is 88.4 Å². The highest BCUT2D eigenvalue weighted by Gasteiger charge is 2.66. The second-order valence-corrected chi connectivity index (χ2v) is 21.9. The molecule has 1 saturated heterocycles. The number of aliphatic hydroxyl groups excluding tert-OH is 1. The molecule has 4 aliphatic heterocycles. The Balaban J connectivity index is 1.02. The Kier molecular flexibility index (Phi) is 10.7. The van der Waals surface area contributed by atoms with E-state index in [1.54, 1.807) is 32.5 Å². The molecule has 5 aromatic carbocycles.